The van der Waals surface area contributed by atoms with Gasteiger partial charge in [0.1, 0.15) is 5.70 Å². The van der Waals surface area contributed by atoms with Crippen LogP contribution in [0.2, 0.25) is 5.02 Å². The molecular weight excluding hydrogens is 436 g/mol. The Labute approximate surface area is 169 Å². The van der Waals surface area contributed by atoms with Gasteiger partial charge in [-0.05, 0) is 48.0 Å². The summed E-state index contributed by atoms with van der Waals surface area (Å²) in [5, 5.41) is 14.3. The monoisotopic (exact) mass is 450 g/mol. The SMILES string of the molecule is O=C(O)CCNC(=O)/C(=C\c1ccc(Cl)cc1)NC(=O)c1ccc(Br)cc1. The number of rotatable bonds is 7. The molecule has 0 fully saturated rings. The number of aliphatic carboxylic acids is 1. The number of nitrogens with one attached hydrogen (secondary N) is 2. The Balaban J connectivity index is 2.21. The van der Waals surface area contributed by atoms with Crippen molar-refractivity contribution in [2.45, 2.75) is 6.42 Å². The van der Waals surface area contributed by atoms with Crippen molar-refractivity contribution in [1.82, 2.24) is 10.6 Å². The zero-order valence-electron chi connectivity index (χ0n) is 14.0. The maximum Gasteiger partial charge on any atom is 0.305 e. The summed E-state index contributed by atoms with van der Waals surface area (Å²) in [7, 11) is 0. The molecule has 0 aliphatic carbocycles. The smallest absolute Gasteiger partial charge is 0.305 e. The Kier molecular flexibility index (Phi) is 7.57. The van der Waals surface area contributed by atoms with Gasteiger partial charge in [0.05, 0.1) is 6.42 Å². The van der Waals surface area contributed by atoms with Crippen molar-refractivity contribution in [3.63, 3.8) is 0 Å². The zero-order chi connectivity index (χ0) is 19.8. The minimum atomic E-state index is -1.03. The van der Waals surface area contributed by atoms with Crippen LogP contribution >= 0.6 is 27.5 Å². The highest BCUT2D eigenvalue weighted by atomic mass is 79.9. The standard InChI is InChI=1S/C19H16BrClN2O4/c20-14-5-3-13(4-6-14)18(26)23-16(19(27)22-10-9-17(24)25)11-12-1-7-15(21)8-2-12/h1-8,11H,9-10H2,(H,22,27)(H,23,26)(H,24,25)/b16-11+. The molecule has 0 bridgehead atoms. The minimum absolute atomic E-state index is 0.00405. The summed E-state index contributed by atoms with van der Waals surface area (Å²) in [6, 6.07) is 13.4. The molecule has 0 aliphatic rings. The Morgan fingerprint density at radius 3 is 2.26 bits per heavy atom. The number of carboxylic acids is 1. The van der Waals surface area contributed by atoms with Crippen LogP contribution in [0, 0.1) is 0 Å². The highest BCUT2D eigenvalue weighted by molar-refractivity contribution is 9.10. The molecule has 6 nitrogen and oxygen atoms in total. The molecule has 3 N–H and O–H groups in total. The van der Waals surface area contributed by atoms with E-state index in [1.807, 2.05) is 0 Å². The number of amides is 2. The average molecular weight is 452 g/mol. The third-order valence-electron chi connectivity index (χ3n) is 3.40. The third kappa shape index (κ3) is 6.88. The molecule has 0 saturated heterocycles. The van der Waals surface area contributed by atoms with Crippen molar-refractivity contribution in [2.24, 2.45) is 0 Å². The summed E-state index contributed by atoms with van der Waals surface area (Å²) in [5.74, 6) is -2.08. The van der Waals surface area contributed by atoms with Crippen LogP contribution in [0.25, 0.3) is 6.08 Å². The molecule has 0 spiro atoms. The van der Waals surface area contributed by atoms with E-state index in [0.29, 0.717) is 16.1 Å². The van der Waals surface area contributed by atoms with Gasteiger partial charge in [-0.2, -0.15) is 0 Å². The maximum atomic E-state index is 12.4. The molecule has 140 valence electrons. The fourth-order valence-electron chi connectivity index (χ4n) is 2.06. The molecule has 27 heavy (non-hydrogen) atoms. The molecule has 0 aromatic heterocycles. The van der Waals surface area contributed by atoms with Gasteiger partial charge in [0.2, 0.25) is 0 Å². The Bertz CT molecular complexity index is 864. The number of carboxylic acid groups (broad SMARTS) is 1. The van der Waals surface area contributed by atoms with Gasteiger partial charge >= 0.3 is 5.97 Å². The lowest BCUT2D eigenvalue weighted by Crippen LogP contribution is -2.35. The number of carbonyl (C=O) groups excluding carboxylic acids is 2. The maximum absolute atomic E-state index is 12.4. The summed E-state index contributed by atoms with van der Waals surface area (Å²) in [6.45, 7) is -0.0553. The van der Waals surface area contributed by atoms with Gasteiger partial charge in [0.25, 0.3) is 11.8 Å². The molecule has 0 atom stereocenters. The van der Waals surface area contributed by atoms with Gasteiger partial charge in [0, 0.05) is 21.6 Å². The average Bonchev–Trinajstić information content (AvgIpc) is 2.63. The topological polar surface area (TPSA) is 95.5 Å². The van der Waals surface area contributed by atoms with Crippen LogP contribution in [-0.2, 0) is 9.59 Å². The highest BCUT2D eigenvalue weighted by Crippen LogP contribution is 2.14. The van der Waals surface area contributed by atoms with Crippen molar-refractivity contribution in [3.8, 4) is 0 Å². The van der Waals surface area contributed by atoms with Crippen molar-refractivity contribution in [2.75, 3.05) is 6.54 Å². The molecule has 0 heterocycles. The normalized spacial score (nSPS) is 11.0. The molecule has 2 amide bonds. The number of hydrogen-bond acceptors (Lipinski definition) is 3. The number of carbonyl (C=O) groups is 3. The first-order valence-corrected chi connectivity index (χ1v) is 9.06. The quantitative estimate of drug-likeness (QED) is 0.562. The van der Waals surface area contributed by atoms with Crippen LogP contribution in [0.1, 0.15) is 22.3 Å². The predicted octanol–water partition coefficient (Wildman–Crippen LogP) is 3.46. The summed E-state index contributed by atoms with van der Waals surface area (Å²) < 4.78 is 0.822. The van der Waals surface area contributed by atoms with Crippen molar-refractivity contribution >= 4 is 51.4 Å². The first-order valence-electron chi connectivity index (χ1n) is 7.89. The zero-order valence-corrected chi connectivity index (χ0v) is 16.4. The van der Waals surface area contributed by atoms with E-state index in [-0.39, 0.29) is 18.7 Å². The third-order valence-corrected chi connectivity index (χ3v) is 4.19. The van der Waals surface area contributed by atoms with Crippen LogP contribution in [-0.4, -0.2) is 29.4 Å². The van der Waals surface area contributed by atoms with Crippen LogP contribution < -0.4 is 10.6 Å². The van der Waals surface area contributed by atoms with Crippen LogP contribution in [0.5, 0.6) is 0 Å². The lowest BCUT2D eigenvalue weighted by Gasteiger charge is -2.11. The second-order valence-corrected chi connectivity index (χ2v) is 6.82. The number of halogens is 2. The van der Waals surface area contributed by atoms with Crippen molar-refractivity contribution in [3.05, 3.63) is 74.9 Å². The van der Waals surface area contributed by atoms with E-state index < -0.39 is 17.8 Å². The van der Waals surface area contributed by atoms with E-state index >= 15 is 0 Å². The lowest BCUT2D eigenvalue weighted by atomic mass is 10.1. The first kappa shape index (κ1) is 20.7. The summed E-state index contributed by atoms with van der Waals surface area (Å²) in [4.78, 5) is 35.4. The van der Waals surface area contributed by atoms with Gasteiger partial charge in [-0.25, -0.2) is 0 Å². The van der Waals surface area contributed by atoms with Crippen molar-refractivity contribution < 1.29 is 19.5 Å². The van der Waals surface area contributed by atoms with Crippen LogP contribution in [0.15, 0.2) is 58.7 Å². The van der Waals surface area contributed by atoms with E-state index in [0.717, 1.165) is 4.47 Å². The van der Waals surface area contributed by atoms with Crippen LogP contribution in [0.3, 0.4) is 0 Å². The number of benzene rings is 2. The van der Waals surface area contributed by atoms with Gasteiger partial charge in [-0.1, -0.05) is 39.7 Å². The molecule has 0 unspecified atom stereocenters. The second kappa shape index (κ2) is 9.89. The van der Waals surface area contributed by atoms with Crippen LogP contribution in [0.4, 0.5) is 0 Å². The highest BCUT2D eigenvalue weighted by Gasteiger charge is 2.15. The molecule has 2 rings (SSSR count). The molecular formula is C19H16BrClN2O4. The fourth-order valence-corrected chi connectivity index (χ4v) is 2.45. The molecule has 2 aromatic carbocycles. The number of hydrogen-bond donors (Lipinski definition) is 3. The Morgan fingerprint density at radius 1 is 1.04 bits per heavy atom. The Hall–Kier alpha value is -2.64. The molecule has 2 aromatic rings. The van der Waals surface area contributed by atoms with E-state index in [2.05, 4.69) is 26.6 Å². The van der Waals surface area contributed by atoms with E-state index in [4.69, 9.17) is 16.7 Å². The summed E-state index contributed by atoms with van der Waals surface area (Å²) in [6.07, 6.45) is 1.27. The first-order chi connectivity index (χ1) is 12.8. The second-order valence-electron chi connectivity index (χ2n) is 5.47. The largest absolute Gasteiger partial charge is 0.481 e. The van der Waals surface area contributed by atoms with Gasteiger partial charge < -0.3 is 15.7 Å². The minimum Gasteiger partial charge on any atom is -0.481 e. The van der Waals surface area contributed by atoms with E-state index in [1.54, 1.807) is 48.5 Å². The van der Waals surface area contributed by atoms with E-state index in [9.17, 15) is 14.4 Å². The van der Waals surface area contributed by atoms with Gasteiger partial charge in [0.15, 0.2) is 0 Å². The predicted molar refractivity (Wildman–Crippen MR) is 106 cm³/mol. The summed E-state index contributed by atoms with van der Waals surface area (Å²) in [5.41, 5.74) is 1.02. The Morgan fingerprint density at radius 2 is 1.67 bits per heavy atom. The molecule has 8 heteroatoms. The van der Waals surface area contributed by atoms with Crippen molar-refractivity contribution in [1.29, 1.82) is 0 Å². The van der Waals surface area contributed by atoms with Gasteiger partial charge in [-0.15, -0.1) is 0 Å². The molecule has 0 aliphatic heterocycles. The fraction of sp³-hybridized carbons (Fsp3) is 0.105. The molecule has 0 saturated carbocycles. The summed E-state index contributed by atoms with van der Waals surface area (Å²) >= 11 is 9.15. The van der Waals surface area contributed by atoms with E-state index in [1.165, 1.54) is 6.08 Å². The van der Waals surface area contributed by atoms with Gasteiger partial charge in [-0.3, -0.25) is 14.4 Å². The lowest BCUT2D eigenvalue weighted by molar-refractivity contribution is -0.136. The molecule has 0 radical (unpaired) electrons.